The smallest absolute Gasteiger partial charge is 0.124 e. The quantitative estimate of drug-likeness (QED) is 0.853. The Morgan fingerprint density at radius 1 is 1.53 bits per heavy atom. The molecule has 0 heterocycles. The fraction of sp³-hybridized carbons (Fsp3) is 0.364. The molecule has 0 radical (unpaired) electrons. The maximum Gasteiger partial charge on any atom is 0.124 e. The fourth-order valence-corrected chi connectivity index (χ4v) is 2.05. The molecule has 15 heavy (non-hydrogen) atoms. The molecule has 2 nitrogen and oxygen atoms in total. The van der Waals surface area contributed by atoms with E-state index >= 15 is 0 Å². The third kappa shape index (κ3) is 4.32. The third-order valence-electron chi connectivity index (χ3n) is 1.74. The number of rotatable bonds is 4. The van der Waals surface area contributed by atoms with Gasteiger partial charge < -0.3 is 5.73 Å². The number of nitrogens with zero attached hydrogens (tertiary/aromatic N) is 1. The van der Waals surface area contributed by atoms with Crippen LogP contribution in [0.25, 0.3) is 0 Å². The van der Waals surface area contributed by atoms with Gasteiger partial charge in [0.05, 0.1) is 11.6 Å². The molecular formula is C11H13FN2S. The van der Waals surface area contributed by atoms with Crippen molar-refractivity contribution in [3.63, 3.8) is 0 Å². The zero-order valence-corrected chi connectivity index (χ0v) is 9.35. The van der Waals surface area contributed by atoms with E-state index in [-0.39, 0.29) is 11.9 Å². The van der Waals surface area contributed by atoms with Crippen molar-refractivity contribution >= 4 is 11.8 Å². The number of nitrogens with two attached hydrogens (primary N) is 1. The Morgan fingerprint density at radius 3 is 2.87 bits per heavy atom. The van der Waals surface area contributed by atoms with E-state index in [1.54, 1.807) is 17.8 Å². The molecule has 0 aliphatic heterocycles. The van der Waals surface area contributed by atoms with E-state index in [1.807, 2.05) is 13.0 Å². The molecule has 1 unspecified atom stereocenters. The van der Waals surface area contributed by atoms with Crippen molar-refractivity contribution in [2.24, 2.45) is 5.73 Å². The molecule has 0 aliphatic carbocycles. The summed E-state index contributed by atoms with van der Waals surface area (Å²) in [6.07, 6.45) is 0. The van der Waals surface area contributed by atoms with Crippen molar-refractivity contribution in [1.82, 2.24) is 0 Å². The highest BCUT2D eigenvalue weighted by molar-refractivity contribution is 7.98. The number of hydrogen-bond acceptors (Lipinski definition) is 3. The minimum atomic E-state index is -0.356. The van der Waals surface area contributed by atoms with Crippen LogP contribution in [0.4, 0.5) is 4.39 Å². The molecule has 80 valence electrons. The first-order valence-corrected chi connectivity index (χ1v) is 5.80. The van der Waals surface area contributed by atoms with Crippen LogP contribution in [0.15, 0.2) is 18.2 Å². The fourth-order valence-electron chi connectivity index (χ4n) is 1.16. The average molecular weight is 224 g/mol. The van der Waals surface area contributed by atoms with Gasteiger partial charge >= 0.3 is 0 Å². The molecule has 2 N–H and O–H groups in total. The van der Waals surface area contributed by atoms with Crippen LogP contribution in [0.1, 0.15) is 18.1 Å². The second kappa shape index (κ2) is 5.74. The van der Waals surface area contributed by atoms with Gasteiger partial charge in [-0.15, -0.1) is 0 Å². The van der Waals surface area contributed by atoms with Crippen LogP contribution < -0.4 is 5.73 Å². The molecule has 0 saturated carbocycles. The SMILES string of the molecule is CC(N)CSCc1cc(F)cc(C#N)c1. The normalized spacial score (nSPS) is 12.1. The van der Waals surface area contributed by atoms with Gasteiger partial charge in [0.25, 0.3) is 0 Å². The van der Waals surface area contributed by atoms with Crippen LogP contribution in [-0.2, 0) is 5.75 Å². The molecular weight excluding hydrogens is 211 g/mol. The highest BCUT2D eigenvalue weighted by atomic mass is 32.2. The highest BCUT2D eigenvalue weighted by Crippen LogP contribution is 2.15. The summed E-state index contributed by atoms with van der Waals surface area (Å²) in [4.78, 5) is 0. The molecule has 0 spiro atoms. The summed E-state index contributed by atoms with van der Waals surface area (Å²) in [7, 11) is 0. The van der Waals surface area contributed by atoms with Crippen molar-refractivity contribution in [3.8, 4) is 6.07 Å². The van der Waals surface area contributed by atoms with E-state index in [2.05, 4.69) is 0 Å². The van der Waals surface area contributed by atoms with Gasteiger partial charge in [0, 0.05) is 17.5 Å². The number of halogens is 1. The molecule has 0 aromatic heterocycles. The van der Waals surface area contributed by atoms with E-state index in [1.165, 1.54) is 12.1 Å². The van der Waals surface area contributed by atoms with E-state index in [0.717, 1.165) is 11.3 Å². The first kappa shape index (κ1) is 12.0. The Morgan fingerprint density at radius 2 is 2.27 bits per heavy atom. The molecule has 0 saturated heterocycles. The Balaban J connectivity index is 2.61. The third-order valence-corrected chi connectivity index (χ3v) is 3.04. The lowest BCUT2D eigenvalue weighted by Gasteiger charge is -2.05. The molecule has 0 amide bonds. The van der Waals surface area contributed by atoms with Crippen molar-refractivity contribution in [2.75, 3.05) is 5.75 Å². The standard InChI is InChI=1S/C11H13FN2S/c1-8(14)6-15-7-10-2-9(5-13)3-11(12)4-10/h2-4,8H,6-7,14H2,1H3. The van der Waals surface area contributed by atoms with Crippen LogP contribution in [0.2, 0.25) is 0 Å². The summed E-state index contributed by atoms with van der Waals surface area (Å²) in [5.41, 5.74) is 6.79. The summed E-state index contributed by atoms with van der Waals surface area (Å²) in [5, 5.41) is 8.66. The zero-order valence-electron chi connectivity index (χ0n) is 8.53. The number of nitriles is 1. The second-order valence-corrected chi connectivity index (χ2v) is 4.48. The summed E-state index contributed by atoms with van der Waals surface area (Å²) < 4.78 is 13.0. The lowest BCUT2D eigenvalue weighted by atomic mass is 10.1. The van der Waals surface area contributed by atoms with E-state index in [4.69, 9.17) is 11.0 Å². The molecule has 1 aromatic rings. The molecule has 4 heteroatoms. The monoisotopic (exact) mass is 224 g/mol. The van der Waals surface area contributed by atoms with E-state index < -0.39 is 0 Å². The summed E-state index contributed by atoms with van der Waals surface area (Å²) in [6, 6.07) is 6.47. The zero-order chi connectivity index (χ0) is 11.3. The van der Waals surface area contributed by atoms with Crippen molar-refractivity contribution in [2.45, 2.75) is 18.7 Å². The van der Waals surface area contributed by atoms with Gasteiger partial charge in [-0.05, 0) is 30.7 Å². The van der Waals surface area contributed by atoms with Crippen LogP contribution in [-0.4, -0.2) is 11.8 Å². The molecule has 1 atom stereocenters. The maximum absolute atomic E-state index is 13.0. The highest BCUT2D eigenvalue weighted by Gasteiger charge is 2.01. The summed E-state index contributed by atoms with van der Waals surface area (Å²) in [6.45, 7) is 1.93. The van der Waals surface area contributed by atoms with Crippen LogP contribution in [0.3, 0.4) is 0 Å². The Bertz CT molecular complexity index is 371. The number of hydrogen-bond donors (Lipinski definition) is 1. The Labute approximate surface area is 93.3 Å². The Hall–Kier alpha value is -1.05. The second-order valence-electron chi connectivity index (χ2n) is 3.45. The van der Waals surface area contributed by atoms with Crippen molar-refractivity contribution < 1.29 is 4.39 Å². The summed E-state index contributed by atoms with van der Waals surface area (Å²) >= 11 is 1.64. The number of benzene rings is 1. The molecule has 0 bridgehead atoms. The van der Waals surface area contributed by atoms with Gasteiger partial charge in [0.2, 0.25) is 0 Å². The lowest BCUT2D eigenvalue weighted by Crippen LogP contribution is -2.17. The van der Waals surface area contributed by atoms with Crippen molar-refractivity contribution in [3.05, 3.63) is 35.1 Å². The first-order valence-electron chi connectivity index (χ1n) is 4.64. The number of thioether (sulfide) groups is 1. The average Bonchev–Trinajstić information content (AvgIpc) is 2.16. The van der Waals surface area contributed by atoms with Gasteiger partial charge in [-0.25, -0.2) is 4.39 Å². The largest absolute Gasteiger partial charge is 0.327 e. The first-order chi connectivity index (χ1) is 7.11. The van der Waals surface area contributed by atoms with Gasteiger partial charge in [-0.1, -0.05) is 0 Å². The van der Waals surface area contributed by atoms with Gasteiger partial charge in [-0.3, -0.25) is 0 Å². The van der Waals surface area contributed by atoms with Crippen LogP contribution >= 0.6 is 11.8 Å². The molecule has 1 aromatic carbocycles. The molecule has 0 aliphatic rings. The van der Waals surface area contributed by atoms with Gasteiger partial charge in [-0.2, -0.15) is 17.0 Å². The van der Waals surface area contributed by atoms with E-state index in [0.29, 0.717) is 11.3 Å². The van der Waals surface area contributed by atoms with Crippen LogP contribution in [0, 0.1) is 17.1 Å². The predicted octanol–water partition coefficient (Wildman–Crippen LogP) is 2.28. The van der Waals surface area contributed by atoms with Crippen molar-refractivity contribution in [1.29, 1.82) is 5.26 Å². The van der Waals surface area contributed by atoms with Gasteiger partial charge in [0.1, 0.15) is 5.82 Å². The van der Waals surface area contributed by atoms with E-state index in [9.17, 15) is 4.39 Å². The Kier molecular flexibility index (Phi) is 4.60. The molecule has 0 fully saturated rings. The lowest BCUT2D eigenvalue weighted by molar-refractivity contribution is 0.626. The minimum absolute atomic E-state index is 0.138. The minimum Gasteiger partial charge on any atom is -0.327 e. The topological polar surface area (TPSA) is 49.8 Å². The van der Waals surface area contributed by atoms with Crippen LogP contribution in [0.5, 0.6) is 0 Å². The summed E-state index contributed by atoms with van der Waals surface area (Å²) in [5.74, 6) is 1.16. The predicted molar refractivity (Wildman–Crippen MR) is 60.9 cm³/mol. The maximum atomic E-state index is 13.0. The van der Waals surface area contributed by atoms with Gasteiger partial charge in [0.15, 0.2) is 0 Å². The molecule has 1 rings (SSSR count).